The maximum absolute atomic E-state index is 13.0. The first kappa shape index (κ1) is 12.6. The number of carbonyl (C=O) groups is 1. The summed E-state index contributed by atoms with van der Waals surface area (Å²) in [7, 11) is 0. The van der Waals surface area contributed by atoms with Crippen molar-refractivity contribution >= 4 is 5.91 Å². The Morgan fingerprint density at radius 1 is 1.50 bits per heavy atom. The molecule has 0 fully saturated rings. The number of halogens is 1. The number of rotatable bonds is 3. The maximum atomic E-state index is 13.0. The third-order valence-electron chi connectivity index (χ3n) is 2.13. The minimum Gasteiger partial charge on any atom is -0.389 e. The van der Waals surface area contributed by atoms with Crippen molar-refractivity contribution in [3.05, 3.63) is 35.1 Å². The van der Waals surface area contributed by atoms with Gasteiger partial charge in [-0.2, -0.15) is 0 Å². The first-order valence-corrected chi connectivity index (χ1v) is 5.06. The highest BCUT2D eigenvalue weighted by Crippen LogP contribution is 2.10. The molecule has 88 valence electrons. The second-order valence-corrected chi connectivity index (χ2v) is 4.45. The Morgan fingerprint density at radius 2 is 2.12 bits per heavy atom. The van der Waals surface area contributed by atoms with Crippen LogP contribution in [0.15, 0.2) is 18.2 Å². The van der Waals surface area contributed by atoms with E-state index in [-0.39, 0.29) is 12.5 Å². The average molecular weight is 225 g/mol. The lowest BCUT2D eigenvalue weighted by atomic mass is 10.1. The zero-order chi connectivity index (χ0) is 12.3. The minimum atomic E-state index is -0.975. The molecular formula is C12H16FNO2. The van der Waals surface area contributed by atoms with E-state index in [1.807, 2.05) is 0 Å². The molecule has 0 aromatic heterocycles. The molecule has 16 heavy (non-hydrogen) atoms. The van der Waals surface area contributed by atoms with Crippen molar-refractivity contribution in [3.8, 4) is 0 Å². The fraction of sp³-hybridized carbons (Fsp3) is 0.417. The van der Waals surface area contributed by atoms with Crippen molar-refractivity contribution in [3.63, 3.8) is 0 Å². The highest BCUT2D eigenvalue weighted by molar-refractivity contribution is 5.95. The molecule has 2 N–H and O–H groups in total. The summed E-state index contributed by atoms with van der Waals surface area (Å²) in [5.41, 5.74) is 0.0237. The lowest BCUT2D eigenvalue weighted by Crippen LogP contribution is -2.38. The number of benzene rings is 1. The largest absolute Gasteiger partial charge is 0.389 e. The Hall–Kier alpha value is -1.42. The summed E-state index contributed by atoms with van der Waals surface area (Å²) in [4.78, 5) is 11.7. The van der Waals surface area contributed by atoms with Crippen LogP contribution in [0, 0.1) is 12.7 Å². The third kappa shape index (κ3) is 3.62. The first-order valence-electron chi connectivity index (χ1n) is 5.06. The van der Waals surface area contributed by atoms with E-state index in [1.165, 1.54) is 12.1 Å². The molecule has 0 aliphatic heterocycles. The number of aryl methyl sites for hydroxylation is 1. The number of nitrogens with one attached hydrogen (secondary N) is 1. The molecule has 1 rings (SSSR count). The van der Waals surface area contributed by atoms with E-state index in [4.69, 9.17) is 0 Å². The zero-order valence-corrected chi connectivity index (χ0v) is 9.67. The van der Waals surface area contributed by atoms with Crippen LogP contribution in [0.2, 0.25) is 0 Å². The summed E-state index contributed by atoms with van der Waals surface area (Å²) in [5, 5.41) is 12.0. The van der Waals surface area contributed by atoms with Gasteiger partial charge in [-0.3, -0.25) is 4.79 Å². The Kier molecular flexibility index (Phi) is 3.65. The minimum absolute atomic E-state index is 0.127. The molecule has 1 amide bonds. The van der Waals surface area contributed by atoms with Crippen molar-refractivity contribution < 1.29 is 14.3 Å². The molecule has 0 heterocycles. The summed E-state index contributed by atoms with van der Waals surface area (Å²) in [6, 6.07) is 4.05. The van der Waals surface area contributed by atoms with Gasteiger partial charge in [0.25, 0.3) is 5.91 Å². The predicted molar refractivity (Wildman–Crippen MR) is 59.8 cm³/mol. The van der Waals surface area contributed by atoms with E-state index >= 15 is 0 Å². The number of hydrogen-bond acceptors (Lipinski definition) is 2. The summed E-state index contributed by atoms with van der Waals surface area (Å²) in [6.45, 7) is 5.04. The van der Waals surface area contributed by atoms with Gasteiger partial charge < -0.3 is 10.4 Å². The van der Waals surface area contributed by atoms with Crippen molar-refractivity contribution in [2.45, 2.75) is 26.4 Å². The standard InChI is InChI=1S/C12H16FNO2/c1-8-4-5-9(13)6-10(8)11(15)14-7-12(2,3)16/h4-6,16H,7H2,1-3H3,(H,14,15). The number of carbonyl (C=O) groups excluding carboxylic acids is 1. The normalized spacial score (nSPS) is 11.3. The average Bonchev–Trinajstić information content (AvgIpc) is 2.17. The highest BCUT2D eigenvalue weighted by atomic mass is 19.1. The van der Waals surface area contributed by atoms with Gasteiger partial charge in [0, 0.05) is 12.1 Å². The van der Waals surface area contributed by atoms with Gasteiger partial charge in [0.1, 0.15) is 5.82 Å². The number of hydrogen-bond donors (Lipinski definition) is 2. The van der Waals surface area contributed by atoms with Crippen LogP contribution in [-0.4, -0.2) is 23.2 Å². The quantitative estimate of drug-likeness (QED) is 0.821. The molecular weight excluding hydrogens is 209 g/mol. The molecule has 0 radical (unpaired) electrons. The summed E-state index contributed by atoms with van der Waals surface area (Å²) in [6.07, 6.45) is 0. The molecule has 1 aromatic carbocycles. The second-order valence-electron chi connectivity index (χ2n) is 4.45. The number of amides is 1. The third-order valence-corrected chi connectivity index (χ3v) is 2.13. The van der Waals surface area contributed by atoms with E-state index in [0.29, 0.717) is 11.1 Å². The first-order chi connectivity index (χ1) is 7.29. The monoisotopic (exact) mass is 225 g/mol. The van der Waals surface area contributed by atoms with Gasteiger partial charge in [-0.25, -0.2) is 4.39 Å². The molecule has 1 aromatic rings. The highest BCUT2D eigenvalue weighted by Gasteiger charge is 2.16. The number of aliphatic hydroxyl groups is 1. The van der Waals surface area contributed by atoms with Gasteiger partial charge in [-0.1, -0.05) is 6.07 Å². The molecule has 3 nitrogen and oxygen atoms in total. The van der Waals surface area contributed by atoms with Crippen LogP contribution in [0.3, 0.4) is 0 Å². The molecule has 0 aliphatic rings. The topological polar surface area (TPSA) is 49.3 Å². The van der Waals surface area contributed by atoms with Crippen LogP contribution >= 0.6 is 0 Å². The van der Waals surface area contributed by atoms with Crippen molar-refractivity contribution in [1.82, 2.24) is 5.32 Å². The Balaban J connectivity index is 2.77. The zero-order valence-electron chi connectivity index (χ0n) is 9.67. The Morgan fingerprint density at radius 3 is 2.69 bits per heavy atom. The van der Waals surface area contributed by atoms with Gasteiger partial charge in [0.15, 0.2) is 0 Å². The van der Waals surface area contributed by atoms with Gasteiger partial charge in [-0.05, 0) is 38.5 Å². The molecule has 0 spiro atoms. The maximum Gasteiger partial charge on any atom is 0.251 e. The van der Waals surface area contributed by atoms with Gasteiger partial charge in [0.2, 0.25) is 0 Å². The molecule has 0 unspecified atom stereocenters. The van der Waals surface area contributed by atoms with Crippen LogP contribution in [0.25, 0.3) is 0 Å². The summed E-state index contributed by atoms with van der Waals surface area (Å²) < 4.78 is 13.0. The molecule has 0 atom stereocenters. The van der Waals surface area contributed by atoms with E-state index in [1.54, 1.807) is 26.8 Å². The smallest absolute Gasteiger partial charge is 0.251 e. The van der Waals surface area contributed by atoms with Crippen molar-refractivity contribution in [2.75, 3.05) is 6.54 Å². The van der Waals surface area contributed by atoms with Crippen LogP contribution in [0.4, 0.5) is 4.39 Å². The summed E-state index contributed by atoms with van der Waals surface area (Å²) in [5.74, 6) is -0.821. The van der Waals surface area contributed by atoms with Crippen molar-refractivity contribution in [2.24, 2.45) is 0 Å². The van der Waals surface area contributed by atoms with Crippen LogP contribution in [0.5, 0.6) is 0 Å². The second kappa shape index (κ2) is 4.61. The van der Waals surface area contributed by atoms with E-state index in [0.717, 1.165) is 0 Å². The fourth-order valence-corrected chi connectivity index (χ4v) is 1.23. The Labute approximate surface area is 94.3 Å². The van der Waals surface area contributed by atoms with Gasteiger partial charge in [0.05, 0.1) is 5.60 Å². The lowest BCUT2D eigenvalue weighted by molar-refractivity contribution is 0.0694. The lowest BCUT2D eigenvalue weighted by Gasteiger charge is -2.18. The predicted octanol–water partition coefficient (Wildman–Crippen LogP) is 1.63. The molecule has 4 heteroatoms. The summed E-state index contributed by atoms with van der Waals surface area (Å²) >= 11 is 0. The van der Waals surface area contributed by atoms with E-state index in [2.05, 4.69) is 5.32 Å². The van der Waals surface area contributed by atoms with Crippen LogP contribution in [0.1, 0.15) is 29.8 Å². The molecule has 0 bridgehead atoms. The van der Waals surface area contributed by atoms with E-state index < -0.39 is 11.4 Å². The van der Waals surface area contributed by atoms with Crippen LogP contribution < -0.4 is 5.32 Å². The van der Waals surface area contributed by atoms with Crippen molar-refractivity contribution in [1.29, 1.82) is 0 Å². The fourth-order valence-electron chi connectivity index (χ4n) is 1.23. The van der Waals surface area contributed by atoms with Crippen LogP contribution in [-0.2, 0) is 0 Å². The molecule has 0 saturated carbocycles. The molecule has 0 aliphatic carbocycles. The van der Waals surface area contributed by atoms with E-state index in [9.17, 15) is 14.3 Å². The van der Waals surface area contributed by atoms with Gasteiger partial charge in [-0.15, -0.1) is 0 Å². The Bertz CT molecular complexity index is 396. The SMILES string of the molecule is Cc1ccc(F)cc1C(=O)NCC(C)(C)O. The molecule has 0 saturated heterocycles. The van der Waals surface area contributed by atoms with Gasteiger partial charge >= 0.3 is 0 Å².